The van der Waals surface area contributed by atoms with Crippen molar-refractivity contribution in [2.75, 3.05) is 0 Å². The van der Waals surface area contributed by atoms with E-state index in [-0.39, 0.29) is 0 Å². The van der Waals surface area contributed by atoms with E-state index in [2.05, 4.69) is 38.5 Å². The zero-order chi connectivity index (χ0) is 14.8. The number of unbranched alkanes of at least 4 members (excludes halogenated alkanes) is 5. The van der Waals surface area contributed by atoms with E-state index in [1.165, 1.54) is 38.5 Å². The third-order valence-corrected chi connectivity index (χ3v) is 1.86. The molecule has 0 rings (SSSR count). The van der Waals surface area contributed by atoms with E-state index in [9.17, 15) is 9.59 Å². The summed E-state index contributed by atoms with van der Waals surface area (Å²) in [6.45, 7) is 10.7. The average Bonchev–Trinajstić information content (AvgIpc) is 2.36. The first-order valence-corrected chi connectivity index (χ1v) is 6.29. The molecule has 0 spiro atoms. The van der Waals surface area contributed by atoms with Gasteiger partial charge in [0.25, 0.3) is 0 Å². The van der Waals surface area contributed by atoms with Gasteiger partial charge in [0.1, 0.15) is 0 Å². The van der Waals surface area contributed by atoms with Crippen molar-refractivity contribution >= 4 is 11.8 Å². The molecule has 0 aromatic heterocycles. The Hall–Kier alpha value is -1.58. The lowest BCUT2D eigenvalue weighted by atomic mass is 10.1. The molecule has 0 bridgehead atoms. The van der Waals surface area contributed by atoms with E-state index in [0.29, 0.717) is 0 Å². The normalized spacial score (nSPS) is 7.89. The van der Waals surface area contributed by atoms with Gasteiger partial charge in [0.15, 0.2) is 0 Å². The average molecular weight is 256 g/mol. The number of hydrogen-bond donors (Lipinski definition) is 2. The minimum absolute atomic E-state index is 0.481. The van der Waals surface area contributed by atoms with Crippen molar-refractivity contribution in [2.24, 2.45) is 11.5 Å². The number of carbonyl (C=O) groups is 2. The summed E-state index contributed by atoms with van der Waals surface area (Å²) in [6.07, 6.45) is 10.6. The summed E-state index contributed by atoms with van der Waals surface area (Å²) in [5.74, 6) is -0.963. The largest absolute Gasteiger partial charge is 0.366 e. The molecule has 4 N–H and O–H groups in total. The molecule has 18 heavy (non-hydrogen) atoms. The summed E-state index contributed by atoms with van der Waals surface area (Å²) >= 11 is 0. The Morgan fingerprint density at radius 2 is 1.06 bits per heavy atom. The van der Waals surface area contributed by atoms with Gasteiger partial charge in [-0.15, -0.1) is 0 Å². The molecule has 0 heterocycles. The van der Waals surface area contributed by atoms with Crippen molar-refractivity contribution in [1.29, 1.82) is 0 Å². The minimum Gasteiger partial charge on any atom is -0.366 e. The number of rotatable bonds is 7. The Morgan fingerprint density at radius 1 is 0.833 bits per heavy atom. The fourth-order valence-electron chi connectivity index (χ4n) is 0.854. The van der Waals surface area contributed by atoms with Gasteiger partial charge in [-0.05, 0) is 12.2 Å². The molecule has 0 atom stereocenters. The van der Waals surface area contributed by atoms with Gasteiger partial charge in [0.05, 0.1) is 0 Å². The predicted octanol–water partition coefficient (Wildman–Crippen LogP) is 2.68. The van der Waals surface area contributed by atoms with Gasteiger partial charge >= 0.3 is 0 Å². The van der Waals surface area contributed by atoms with E-state index in [1.54, 1.807) is 0 Å². The predicted molar refractivity (Wildman–Crippen MR) is 77.8 cm³/mol. The highest BCUT2D eigenvalue weighted by Crippen LogP contribution is 2.03. The lowest BCUT2D eigenvalue weighted by Crippen LogP contribution is -2.04. The van der Waals surface area contributed by atoms with E-state index < -0.39 is 11.8 Å². The quantitative estimate of drug-likeness (QED) is 0.542. The molecular weight excluding hydrogens is 228 g/mol. The first-order valence-electron chi connectivity index (χ1n) is 6.29. The lowest BCUT2D eigenvalue weighted by molar-refractivity contribution is -0.114. The maximum atomic E-state index is 9.47. The Balaban J connectivity index is -0.000000197. The van der Waals surface area contributed by atoms with Crippen molar-refractivity contribution in [3.05, 3.63) is 25.3 Å². The molecule has 0 radical (unpaired) electrons. The van der Waals surface area contributed by atoms with Crippen LogP contribution in [0.1, 0.15) is 52.4 Å². The van der Waals surface area contributed by atoms with Crippen molar-refractivity contribution in [3.8, 4) is 0 Å². The molecule has 4 heteroatoms. The van der Waals surface area contributed by atoms with Gasteiger partial charge in [-0.1, -0.05) is 65.5 Å². The number of primary amides is 2. The molecular formula is C14H28N2O2. The molecule has 0 saturated carbocycles. The van der Waals surface area contributed by atoms with Crippen molar-refractivity contribution < 1.29 is 9.59 Å². The van der Waals surface area contributed by atoms with Crippen molar-refractivity contribution in [2.45, 2.75) is 52.4 Å². The maximum Gasteiger partial charge on any atom is 0.240 e. The van der Waals surface area contributed by atoms with Crippen LogP contribution in [0.3, 0.4) is 0 Å². The molecule has 0 unspecified atom stereocenters. The van der Waals surface area contributed by atoms with Crippen molar-refractivity contribution in [3.63, 3.8) is 0 Å². The Bertz CT molecular complexity index is 202. The second kappa shape index (κ2) is 20.8. The summed E-state index contributed by atoms with van der Waals surface area (Å²) in [7, 11) is 0. The summed E-state index contributed by atoms with van der Waals surface area (Å²) in [5.41, 5.74) is 9.07. The first kappa shape index (κ1) is 21.7. The zero-order valence-electron chi connectivity index (χ0n) is 11.8. The molecule has 0 aliphatic heterocycles. The molecule has 0 aromatic carbocycles. The van der Waals surface area contributed by atoms with Crippen LogP contribution in [0.15, 0.2) is 25.3 Å². The molecule has 0 aromatic rings. The van der Waals surface area contributed by atoms with Crippen LogP contribution < -0.4 is 11.5 Å². The summed E-state index contributed by atoms with van der Waals surface area (Å²) in [6, 6.07) is 0. The number of carbonyl (C=O) groups excluding carboxylic acids is 2. The topological polar surface area (TPSA) is 86.2 Å². The summed E-state index contributed by atoms with van der Waals surface area (Å²) in [5, 5.41) is 0. The van der Waals surface area contributed by atoms with E-state index in [4.69, 9.17) is 0 Å². The second-order valence-corrected chi connectivity index (χ2v) is 3.63. The monoisotopic (exact) mass is 256 g/mol. The fourth-order valence-corrected chi connectivity index (χ4v) is 0.854. The number of hydrogen-bond acceptors (Lipinski definition) is 2. The molecule has 4 nitrogen and oxygen atoms in total. The van der Waals surface area contributed by atoms with Crippen LogP contribution in [-0.2, 0) is 9.59 Å². The molecule has 106 valence electrons. The number of amides is 2. The van der Waals surface area contributed by atoms with Crippen LogP contribution in [-0.4, -0.2) is 11.8 Å². The fraction of sp³-hybridized carbons (Fsp3) is 0.571. The molecule has 0 aliphatic rings. The number of nitrogens with two attached hydrogens (primary N) is 2. The smallest absolute Gasteiger partial charge is 0.240 e. The van der Waals surface area contributed by atoms with Gasteiger partial charge in [0, 0.05) is 0 Å². The van der Waals surface area contributed by atoms with E-state index >= 15 is 0 Å². The van der Waals surface area contributed by atoms with Crippen LogP contribution in [0.2, 0.25) is 0 Å². The minimum atomic E-state index is -0.481. The first-order chi connectivity index (χ1) is 8.45. The maximum absolute atomic E-state index is 9.47. The van der Waals surface area contributed by atoms with Gasteiger partial charge < -0.3 is 11.5 Å². The Morgan fingerprint density at radius 3 is 1.17 bits per heavy atom. The molecule has 0 fully saturated rings. The third kappa shape index (κ3) is 47.2. The zero-order valence-corrected chi connectivity index (χ0v) is 11.8. The molecule has 0 aliphatic carbocycles. The van der Waals surface area contributed by atoms with Gasteiger partial charge in [-0.2, -0.15) is 0 Å². The SMILES string of the molecule is C=CC(N)=O.C=CC(N)=O.CCCCCCCC. The van der Waals surface area contributed by atoms with Crippen LogP contribution in [0.25, 0.3) is 0 Å². The molecule has 2 amide bonds. The van der Waals surface area contributed by atoms with Gasteiger partial charge in [-0.3, -0.25) is 9.59 Å². The highest BCUT2D eigenvalue weighted by Gasteiger charge is 1.83. The standard InChI is InChI=1S/C8H18.2C3H5NO/c1-3-5-7-8-6-4-2;2*1-2-3(4)5/h3-8H2,1-2H3;2*2H,1H2,(H2,4,5). The van der Waals surface area contributed by atoms with E-state index in [0.717, 1.165) is 12.2 Å². The lowest BCUT2D eigenvalue weighted by Gasteiger charge is -1.93. The highest BCUT2D eigenvalue weighted by molar-refractivity contribution is 5.85. The van der Waals surface area contributed by atoms with Crippen LogP contribution in [0.5, 0.6) is 0 Å². The Kier molecular flexibility index (Phi) is 25.0. The van der Waals surface area contributed by atoms with Crippen LogP contribution >= 0.6 is 0 Å². The van der Waals surface area contributed by atoms with Gasteiger partial charge in [-0.25, -0.2) is 0 Å². The Labute approximate surface area is 111 Å². The van der Waals surface area contributed by atoms with Crippen LogP contribution in [0.4, 0.5) is 0 Å². The third-order valence-electron chi connectivity index (χ3n) is 1.86. The van der Waals surface area contributed by atoms with Crippen molar-refractivity contribution in [1.82, 2.24) is 0 Å². The summed E-state index contributed by atoms with van der Waals surface area (Å²) < 4.78 is 0. The van der Waals surface area contributed by atoms with E-state index in [1.807, 2.05) is 0 Å². The van der Waals surface area contributed by atoms with Gasteiger partial charge in [0.2, 0.25) is 11.8 Å². The summed E-state index contributed by atoms with van der Waals surface area (Å²) in [4.78, 5) is 18.9. The van der Waals surface area contributed by atoms with Crippen LogP contribution in [0, 0.1) is 0 Å². The second-order valence-electron chi connectivity index (χ2n) is 3.63. The molecule has 0 saturated heterocycles. The highest BCUT2D eigenvalue weighted by atomic mass is 16.1.